The van der Waals surface area contributed by atoms with Gasteiger partial charge in [0.2, 0.25) is 0 Å². The predicted molar refractivity (Wildman–Crippen MR) is 57.0 cm³/mol. The molecule has 0 N–H and O–H groups in total. The van der Waals surface area contributed by atoms with Gasteiger partial charge in [0.25, 0.3) is 0 Å². The second kappa shape index (κ2) is 3.77. The topological polar surface area (TPSA) is 22.1 Å². The number of rotatable bonds is 3. The largest absolute Gasteiger partial charge is 0.488 e. The summed E-state index contributed by atoms with van der Waals surface area (Å²) in [4.78, 5) is 4.30. The van der Waals surface area contributed by atoms with Crippen LogP contribution in [-0.2, 0) is 0 Å². The fraction of sp³-hybridized carbons (Fsp3) is 0.545. The molecule has 1 aromatic rings. The molecule has 0 bridgehead atoms. The highest BCUT2D eigenvalue weighted by Gasteiger charge is 2.25. The van der Waals surface area contributed by atoms with Crippen molar-refractivity contribution in [1.82, 2.24) is 4.98 Å². The Bertz CT molecular complexity index is 334. The van der Waals surface area contributed by atoms with E-state index in [4.69, 9.17) is 16.3 Å². The summed E-state index contributed by atoms with van der Waals surface area (Å²) in [7, 11) is 0. The molecule has 1 fully saturated rings. The van der Waals surface area contributed by atoms with E-state index in [2.05, 4.69) is 18.8 Å². The number of aromatic nitrogens is 1. The van der Waals surface area contributed by atoms with Crippen molar-refractivity contribution < 1.29 is 4.74 Å². The van der Waals surface area contributed by atoms with Crippen molar-refractivity contribution in [3.63, 3.8) is 0 Å². The molecular weight excluding hydrogens is 198 g/mol. The molecule has 76 valence electrons. The van der Waals surface area contributed by atoms with Crippen molar-refractivity contribution in [1.29, 1.82) is 0 Å². The van der Waals surface area contributed by atoms with Gasteiger partial charge in [0, 0.05) is 12.3 Å². The second-order valence-corrected chi connectivity index (χ2v) is 4.45. The summed E-state index contributed by atoms with van der Waals surface area (Å²) in [6, 6.07) is 1.86. The second-order valence-electron chi connectivity index (χ2n) is 4.01. The van der Waals surface area contributed by atoms with E-state index in [9.17, 15) is 0 Å². The molecule has 0 unspecified atom stereocenters. The zero-order valence-electron chi connectivity index (χ0n) is 8.46. The normalized spacial score (nSPS) is 16.0. The van der Waals surface area contributed by atoms with E-state index in [0.717, 1.165) is 24.3 Å². The summed E-state index contributed by atoms with van der Waals surface area (Å²) in [5.41, 5.74) is 1.00. The monoisotopic (exact) mass is 211 g/mol. The number of nitrogens with zero attached hydrogens (tertiary/aromatic N) is 1. The van der Waals surface area contributed by atoms with Crippen molar-refractivity contribution in [2.24, 2.45) is 0 Å². The van der Waals surface area contributed by atoms with Crippen LogP contribution in [0.2, 0.25) is 5.02 Å². The van der Waals surface area contributed by atoms with Crippen LogP contribution in [0.3, 0.4) is 0 Å². The molecule has 0 saturated heterocycles. The number of hydrogen-bond acceptors (Lipinski definition) is 2. The van der Waals surface area contributed by atoms with Crippen molar-refractivity contribution in [2.45, 2.75) is 38.7 Å². The molecule has 1 aliphatic rings. The van der Waals surface area contributed by atoms with E-state index in [1.165, 1.54) is 0 Å². The Kier molecular flexibility index (Phi) is 2.64. The highest BCUT2D eigenvalue weighted by atomic mass is 35.5. The molecular formula is C11H14ClNO. The minimum absolute atomic E-state index is 0.376. The number of ether oxygens (including phenoxy) is 1. The summed E-state index contributed by atoms with van der Waals surface area (Å²) in [5.74, 6) is 1.23. The first-order valence-corrected chi connectivity index (χ1v) is 5.36. The molecule has 14 heavy (non-hydrogen) atoms. The number of pyridine rings is 1. The Labute approximate surface area is 89.3 Å². The van der Waals surface area contributed by atoms with Crippen LogP contribution in [0, 0.1) is 0 Å². The van der Waals surface area contributed by atoms with E-state index < -0.39 is 0 Å². The van der Waals surface area contributed by atoms with E-state index in [1.54, 1.807) is 6.20 Å². The van der Waals surface area contributed by atoms with Crippen LogP contribution in [-0.4, -0.2) is 11.1 Å². The summed E-state index contributed by atoms with van der Waals surface area (Å²) in [5, 5.41) is 0.644. The van der Waals surface area contributed by atoms with Crippen molar-refractivity contribution in [3.05, 3.63) is 23.0 Å². The summed E-state index contributed by atoms with van der Waals surface area (Å²) >= 11 is 5.88. The lowest BCUT2D eigenvalue weighted by molar-refractivity contribution is 0.297. The molecule has 2 rings (SSSR count). The Morgan fingerprint density at radius 3 is 2.79 bits per heavy atom. The molecule has 0 radical (unpaired) electrons. The number of halogens is 1. The van der Waals surface area contributed by atoms with Crippen LogP contribution in [0.4, 0.5) is 0 Å². The fourth-order valence-electron chi connectivity index (χ4n) is 1.32. The quantitative estimate of drug-likeness (QED) is 0.765. The van der Waals surface area contributed by atoms with Gasteiger partial charge in [0.15, 0.2) is 0 Å². The maximum Gasteiger partial charge on any atom is 0.142 e. The van der Waals surface area contributed by atoms with Crippen LogP contribution >= 0.6 is 11.6 Å². The minimum atomic E-state index is 0.376. The third kappa shape index (κ3) is 2.18. The number of hydrogen-bond donors (Lipinski definition) is 0. The highest BCUT2D eigenvalue weighted by Crippen LogP contribution is 2.32. The third-order valence-corrected chi connectivity index (χ3v) is 2.42. The maximum atomic E-state index is 5.88. The zero-order valence-corrected chi connectivity index (χ0v) is 9.21. The molecule has 1 aromatic heterocycles. The first-order valence-electron chi connectivity index (χ1n) is 4.99. The highest BCUT2D eigenvalue weighted by molar-refractivity contribution is 6.30. The Balaban J connectivity index is 2.27. The van der Waals surface area contributed by atoms with Crippen molar-refractivity contribution in [3.8, 4) is 5.75 Å². The zero-order chi connectivity index (χ0) is 10.1. The van der Waals surface area contributed by atoms with Crippen molar-refractivity contribution >= 4 is 11.6 Å². The molecule has 0 atom stereocenters. The van der Waals surface area contributed by atoms with Crippen LogP contribution < -0.4 is 4.74 Å². The van der Waals surface area contributed by atoms with Gasteiger partial charge in [0.1, 0.15) is 5.75 Å². The average Bonchev–Trinajstić information content (AvgIpc) is 2.87. The van der Waals surface area contributed by atoms with Crippen LogP contribution in [0.25, 0.3) is 0 Å². The van der Waals surface area contributed by atoms with Crippen molar-refractivity contribution in [2.75, 3.05) is 0 Å². The van der Waals surface area contributed by atoms with Gasteiger partial charge >= 0.3 is 0 Å². The lowest BCUT2D eigenvalue weighted by Gasteiger charge is -2.12. The summed E-state index contributed by atoms with van der Waals surface area (Å²) in [6.45, 7) is 4.21. The van der Waals surface area contributed by atoms with Gasteiger partial charge in [-0.3, -0.25) is 4.98 Å². The molecule has 2 nitrogen and oxygen atoms in total. The lowest BCUT2D eigenvalue weighted by Crippen LogP contribution is -2.02. The summed E-state index contributed by atoms with van der Waals surface area (Å²) < 4.78 is 5.75. The van der Waals surface area contributed by atoms with E-state index in [1.807, 2.05) is 6.07 Å². The van der Waals surface area contributed by atoms with Gasteiger partial charge in [-0.15, -0.1) is 0 Å². The predicted octanol–water partition coefficient (Wildman–Crippen LogP) is 3.40. The van der Waals surface area contributed by atoms with Gasteiger partial charge in [-0.1, -0.05) is 25.4 Å². The molecule has 1 aliphatic carbocycles. The van der Waals surface area contributed by atoms with Gasteiger partial charge < -0.3 is 4.74 Å². The maximum absolute atomic E-state index is 5.88. The molecule has 0 aliphatic heterocycles. The molecule has 1 saturated carbocycles. The van der Waals surface area contributed by atoms with Crippen LogP contribution in [0.5, 0.6) is 5.75 Å². The minimum Gasteiger partial charge on any atom is -0.488 e. The van der Waals surface area contributed by atoms with Gasteiger partial charge in [-0.05, 0) is 18.8 Å². The Morgan fingerprint density at radius 1 is 1.50 bits per heavy atom. The Morgan fingerprint density at radius 2 is 2.21 bits per heavy atom. The molecule has 0 amide bonds. The molecule has 0 spiro atoms. The lowest BCUT2D eigenvalue weighted by atomic mass is 10.1. The average molecular weight is 212 g/mol. The van der Waals surface area contributed by atoms with Gasteiger partial charge in [-0.2, -0.15) is 0 Å². The SMILES string of the molecule is CC(C)c1ncc(Cl)cc1OC1CC1. The first kappa shape index (κ1) is 9.78. The molecule has 1 heterocycles. The Hall–Kier alpha value is -0.760. The van der Waals surface area contributed by atoms with E-state index >= 15 is 0 Å². The van der Waals surface area contributed by atoms with Gasteiger partial charge in [-0.25, -0.2) is 0 Å². The molecule has 3 heteroatoms. The van der Waals surface area contributed by atoms with Crippen LogP contribution in [0.1, 0.15) is 38.3 Å². The summed E-state index contributed by atoms with van der Waals surface area (Å²) in [6.07, 6.45) is 4.39. The van der Waals surface area contributed by atoms with E-state index in [-0.39, 0.29) is 0 Å². The van der Waals surface area contributed by atoms with Crippen LogP contribution in [0.15, 0.2) is 12.3 Å². The fourth-order valence-corrected chi connectivity index (χ4v) is 1.47. The third-order valence-electron chi connectivity index (χ3n) is 2.21. The molecule has 0 aromatic carbocycles. The van der Waals surface area contributed by atoms with E-state index in [0.29, 0.717) is 17.0 Å². The smallest absolute Gasteiger partial charge is 0.142 e. The van der Waals surface area contributed by atoms with Gasteiger partial charge in [0.05, 0.1) is 16.8 Å². The first-order chi connectivity index (χ1) is 6.66. The standard InChI is InChI=1S/C11H14ClNO/c1-7(2)11-10(14-9-3-4-9)5-8(12)6-13-11/h5-7,9H,3-4H2,1-2H3.